The number of hydrogen-bond donors (Lipinski definition) is 2. The summed E-state index contributed by atoms with van der Waals surface area (Å²) >= 11 is 12.2. The van der Waals surface area contributed by atoms with E-state index >= 15 is 0 Å². The van der Waals surface area contributed by atoms with Crippen LogP contribution in [0, 0.1) is 5.92 Å². The van der Waals surface area contributed by atoms with Crippen molar-refractivity contribution in [1.29, 1.82) is 0 Å². The summed E-state index contributed by atoms with van der Waals surface area (Å²) in [5.74, 6) is 0.122. The van der Waals surface area contributed by atoms with Gasteiger partial charge in [0, 0.05) is 18.0 Å². The summed E-state index contributed by atoms with van der Waals surface area (Å²) in [5.41, 5.74) is -0.122. The summed E-state index contributed by atoms with van der Waals surface area (Å²) in [6.45, 7) is 3.60. The van der Waals surface area contributed by atoms with Crippen molar-refractivity contribution in [3.05, 3.63) is 33.8 Å². The first-order valence-corrected chi connectivity index (χ1v) is 6.19. The van der Waals surface area contributed by atoms with E-state index in [-0.39, 0.29) is 5.92 Å². The van der Waals surface area contributed by atoms with Crippen LogP contribution >= 0.6 is 23.2 Å². The van der Waals surface area contributed by atoms with Gasteiger partial charge in [0.1, 0.15) is 0 Å². The third-order valence-corrected chi connectivity index (χ3v) is 4.19. The smallest absolute Gasteiger partial charge is 0.0960 e. The van der Waals surface area contributed by atoms with Crippen LogP contribution in [0.4, 0.5) is 0 Å². The van der Waals surface area contributed by atoms with Crippen molar-refractivity contribution in [3.8, 4) is 0 Å². The van der Waals surface area contributed by atoms with Crippen LogP contribution in [0.1, 0.15) is 18.9 Å². The quantitative estimate of drug-likeness (QED) is 0.813. The van der Waals surface area contributed by atoms with Crippen LogP contribution in [0.5, 0.6) is 0 Å². The summed E-state index contributed by atoms with van der Waals surface area (Å²) in [5, 5.41) is 15.0. The Morgan fingerprint density at radius 3 is 2.88 bits per heavy atom. The predicted molar refractivity (Wildman–Crippen MR) is 67.0 cm³/mol. The van der Waals surface area contributed by atoms with Gasteiger partial charge < -0.3 is 10.4 Å². The average molecular weight is 260 g/mol. The number of halogens is 2. The van der Waals surface area contributed by atoms with Crippen molar-refractivity contribution < 1.29 is 5.11 Å². The van der Waals surface area contributed by atoms with Gasteiger partial charge in [-0.15, -0.1) is 0 Å². The zero-order valence-corrected chi connectivity index (χ0v) is 10.6. The fourth-order valence-corrected chi connectivity index (χ4v) is 2.72. The molecule has 0 aromatic heterocycles. The van der Waals surface area contributed by atoms with Gasteiger partial charge >= 0.3 is 0 Å². The third-order valence-electron chi connectivity index (χ3n) is 3.37. The molecule has 1 heterocycles. The monoisotopic (exact) mass is 259 g/mol. The molecule has 88 valence electrons. The lowest BCUT2D eigenvalue weighted by Gasteiger charge is -2.39. The highest BCUT2D eigenvalue weighted by atomic mass is 35.5. The van der Waals surface area contributed by atoms with Gasteiger partial charge in [-0.1, -0.05) is 42.3 Å². The highest BCUT2D eigenvalue weighted by Gasteiger charge is 2.39. The van der Waals surface area contributed by atoms with Crippen molar-refractivity contribution in [2.75, 3.05) is 13.1 Å². The Hall–Kier alpha value is -0.280. The van der Waals surface area contributed by atoms with Gasteiger partial charge in [0.05, 0.1) is 15.6 Å². The molecule has 16 heavy (non-hydrogen) atoms. The van der Waals surface area contributed by atoms with Gasteiger partial charge in [-0.3, -0.25) is 0 Å². The lowest BCUT2D eigenvalue weighted by Crippen LogP contribution is -2.47. The highest BCUT2D eigenvalue weighted by Crippen LogP contribution is 2.40. The van der Waals surface area contributed by atoms with Gasteiger partial charge in [-0.2, -0.15) is 0 Å². The summed E-state index contributed by atoms with van der Waals surface area (Å²) in [7, 11) is 0. The van der Waals surface area contributed by atoms with Gasteiger partial charge in [0.2, 0.25) is 0 Å². The molecule has 0 radical (unpaired) electrons. The van der Waals surface area contributed by atoms with Crippen LogP contribution in [0.3, 0.4) is 0 Å². The molecule has 1 aliphatic rings. The van der Waals surface area contributed by atoms with Crippen molar-refractivity contribution in [2.24, 2.45) is 5.92 Å². The fraction of sp³-hybridized carbons (Fsp3) is 0.500. The molecule has 0 amide bonds. The zero-order chi connectivity index (χ0) is 11.8. The molecule has 2 atom stereocenters. The first-order chi connectivity index (χ1) is 7.55. The van der Waals surface area contributed by atoms with Crippen molar-refractivity contribution in [2.45, 2.75) is 18.9 Å². The molecule has 2 rings (SSSR count). The second-order valence-electron chi connectivity index (χ2n) is 4.38. The lowest BCUT2D eigenvalue weighted by atomic mass is 9.77. The molecule has 1 saturated heterocycles. The summed E-state index contributed by atoms with van der Waals surface area (Å²) in [6.07, 6.45) is 0.661. The molecule has 1 aromatic rings. The molecule has 1 aromatic carbocycles. The van der Waals surface area contributed by atoms with Crippen LogP contribution in [0.25, 0.3) is 0 Å². The Bertz CT molecular complexity index is 397. The minimum atomic E-state index is -0.868. The zero-order valence-electron chi connectivity index (χ0n) is 9.13. The van der Waals surface area contributed by atoms with Gasteiger partial charge in [-0.05, 0) is 19.0 Å². The maximum Gasteiger partial charge on any atom is 0.0960 e. The molecular weight excluding hydrogens is 245 g/mol. The number of rotatable bonds is 1. The van der Waals surface area contributed by atoms with E-state index in [1.807, 2.05) is 19.1 Å². The van der Waals surface area contributed by atoms with Gasteiger partial charge in [0.15, 0.2) is 0 Å². The van der Waals surface area contributed by atoms with Crippen molar-refractivity contribution >= 4 is 23.2 Å². The molecule has 0 saturated carbocycles. The lowest BCUT2D eigenvalue weighted by molar-refractivity contribution is -0.0391. The molecule has 1 fully saturated rings. The Morgan fingerprint density at radius 1 is 1.44 bits per heavy atom. The number of aliphatic hydroxyl groups is 1. The summed E-state index contributed by atoms with van der Waals surface area (Å²) in [4.78, 5) is 0. The maximum absolute atomic E-state index is 10.7. The first kappa shape index (κ1) is 12.2. The second kappa shape index (κ2) is 4.53. The molecule has 4 heteroatoms. The van der Waals surface area contributed by atoms with Gasteiger partial charge in [0.25, 0.3) is 0 Å². The first-order valence-electron chi connectivity index (χ1n) is 5.43. The Labute approximate surface area is 106 Å². The van der Waals surface area contributed by atoms with Crippen LogP contribution in [-0.2, 0) is 5.60 Å². The van der Waals surface area contributed by atoms with E-state index in [1.165, 1.54) is 0 Å². The normalized spacial score (nSPS) is 30.4. The third kappa shape index (κ3) is 1.95. The molecule has 0 bridgehead atoms. The van der Waals surface area contributed by atoms with E-state index in [0.29, 0.717) is 16.5 Å². The van der Waals surface area contributed by atoms with E-state index in [2.05, 4.69) is 5.32 Å². The molecule has 1 aliphatic heterocycles. The molecular formula is C12H15Cl2NO. The summed E-state index contributed by atoms with van der Waals surface area (Å²) < 4.78 is 0. The molecule has 2 unspecified atom stereocenters. The van der Waals surface area contributed by atoms with E-state index in [9.17, 15) is 5.11 Å². The van der Waals surface area contributed by atoms with Crippen molar-refractivity contribution in [3.63, 3.8) is 0 Å². The van der Waals surface area contributed by atoms with E-state index in [4.69, 9.17) is 23.2 Å². The Kier molecular flexibility index (Phi) is 3.45. The predicted octanol–water partition coefficient (Wildman–Crippen LogP) is 2.81. The highest BCUT2D eigenvalue weighted by molar-refractivity contribution is 6.42. The Balaban J connectivity index is 2.45. The fourth-order valence-electron chi connectivity index (χ4n) is 2.25. The van der Waals surface area contributed by atoms with Crippen LogP contribution in [0.2, 0.25) is 10.0 Å². The second-order valence-corrected chi connectivity index (χ2v) is 5.17. The standard InChI is InChI=1S/C12H15Cl2NO/c1-8-7-15-6-5-12(8,16)9-3-2-4-10(13)11(9)14/h2-4,8,15-16H,5-7H2,1H3. The molecule has 2 N–H and O–H groups in total. The minimum absolute atomic E-state index is 0.122. The number of piperidine rings is 1. The van der Waals surface area contributed by atoms with Gasteiger partial charge in [-0.25, -0.2) is 0 Å². The van der Waals surface area contributed by atoms with Crippen molar-refractivity contribution in [1.82, 2.24) is 5.32 Å². The molecule has 0 aliphatic carbocycles. The topological polar surface area (TPSA) is 32.3 Å². The van der Waals surface area contributed by atoms with Crippen LogP contribution < -0.4 is 5.32 Å². The van der Waals surface area contributed by atoms with E-state index in [0.717, 1.165) is 18.7 Å². The average Bonchev–Trinajstić information content (AvgIpc) is 2.26. The molecule has 0 spiro atoms. The largest absolute Gasteiger partial charge is 0.385 e. The van der Waals surface area contributed by atoms with Crippen LogP contribution in [-0.4, -0.2) is 18.2 Å². The number of benzene rings is 1. The number of nitrogens with one attached hydrogen (secondary N) is 1. The SMILES string of the molecule is CC1CNCCC1(O)c1cccc(Cl)c1Cl. The minimum Gasteiger partial charge on any atom is -0.385 e. The molecule has 2 nitrogen and oxygen atoms in total. The maximum atomic E-state index is 10.7. The van der Waals surface area contributed by atoms with E-state index < -0.39 is 5.60 Å². The van der Waals surface area contributed by atoms with Crippen LogP contribution in [0.15, 0.2) is 18.2 Å². The summed E-state index contributed by atoms with van der Waals surface area (Å²) in [6, 6.07) is 5.43. The number of hydrogen-bond acceptors (Lipinski definition) is 2. The van der Waals surface area contributed by atoms with E-state index in [1.54, 1.807) is 6.07 Å². The Morgan fingerprint density at radius 2 is 2.19 bits per heavy atom.